The largest absolute Gasteiger partial charge is 0.494 e. The number of hydrogen-bond donors (Lipinski definition) is 1. The Labute approximate surface area is 164 Å². The normalized spacial score (nSPS) is 17.9. The van der Waals surface area contributed by atoms with Gasteiger partial charge in [-0.2, -0.15) is 4.31 Å². The van der Waals surface area contributed by atoms with Gasteiger partial charge in [-0.25, -0.2) is 12.8 Å². The minimum Gasteiger partial charge on any atom is -0.494 e. The third-order valence-electron chi connectivity index (χ3n) is 4.62. The van der Waals surface area contributed by atoms with E-state index < -0.39 is 21.8 Å². The highest BCUT2D eigenvalue weighted by molar-refractivity contribution is 7.89. The van der Waals surface area contributed by atoms with Crippen molar-refractivity contribution in [2.45, 2.75) is 24.7 Å². The summed E-state index contributed by atoms with van der Waals surface area (Å²) in [5.41, 5.74) is 0.606. The first-order valence-corrected chi connectivity index (χ1v) is 10.6. The van der Waals surface area contributed by atoms with Gasteiger partial charge in [0.25, 0.3) is 0 Å². The summed E-state index contributed by atoms with van der Waals surface area (Å²) in [6, 6.07) is 11.8. The maximum Gasteiger partial charge on any atom is 0.243 e. The zero-order valence-corrected chi connectivity index (χ0v) is 16.4. The summed E-state index contributed by atoms with van der Waals surface area (Å²) in [6.45, 7) is 2.83. The van der Waals surface area contributed by atoms with E-state index in [1.165, 1.54) is 16.4 Å². The van der Waals surface area contributed by atoms with E-state index >= 15 is 0 Å². The fourth-order valence-corrected chi connectivity index (χ4v) is 4.73. The molecule has 1 fully saturated rings. The molecular weight excluding hydrogens is 383 g/mol. The van der Waals surface area contributed by atoms with Crippen LogP contribution in [0.3, 0.4) is 0 Å². The molecule has 0 saturated carbocycles. The van der Waals surface area contributed by atoms with Crippen LogP contribution in [0.1, 0.15) is 19.8 Å². The smallest absolute Gasteiger partial charge is 0.243 e. The molecule has 1 N–H and O–H groups in total. The number of rotatable bonds is 6. The lowest BCUT2D eigenvalue weighted by molar-refractivity contribution is -0.120. The highest BCUT2D eigenvalue weighted by atomic mass is 32.2. The molecule has 3 rings (SSSR count). The molecule has 0 spiro atoms. The summed E-state index contributed by atoms with van der Waals surface area (Å²) in [7, 11) is -3.77. The summed E-state index contributed by atoms with van der Waals surface area (Å²) >= 11 is 0. The highest BCUT2D eigenvalue weighted by Gasteiger charge is 2.33. The average molecular weight is 406 g/mol. The van der Waals surface area contributed by atoms with Gasteiger partial charge in [0.2, 0.25) is 15.9 Å². The molecule has 1 atom stereocenters. The predicted molar refractivity (Wildman–Crippen MR) is 104 cm³/mol. The van der Waals surface area contributed by atoms with E-state index in [-0.39, 0.29) is 17.3 Å². The molecular formula is C20H23FN2O4S. The van der Waals surface area contributed by atoms with Crippen molar-refractivity contribution in [2.75, 3.05) is 25.0 Å². The monoisotopic (exact) mass is 406 g/mol. The van der Waals surface area contributed by atoms with Crippen LogP contribution < -0.4 is 10.1 Å². The molecule has 1 saturated heterocycles. The summed E-state index contributed by atoms with van der Waals surface area (Å²) in [6.07, 6.45) is 1.18. The minimum absolute atomic E-state index is 0.0272. The number of halogens is 1. The number of nitrogens with zero attached hydrogens (tertiary/aromatic N) is 1. The van der Waals surface area contributed by atoms with E-state index in [1.807, 2.05) is 6.92 Å². The van der Waals surface area contributed by atoms with E-state index in [0.717, 1.165) is 12.1 Å². The first-order valence-electron chi connectivity index (χ1n) is 9.19. The standard InChI is InChI=1S/C20H23FN2O4S/c1-2-27-18-7-3-6-17(13-18)22-20(24)15-5-4-12-23(14-15)28(25,26)19-10-8-16(21)9-11-19/h3,6-11,13,15H,2,4-5,12,14H2,1H3,(H,22,24)/t15-/m1/s1. The summed E-state index contributed by atoms with van der Waals surface area (Å²) < 4.78 is 45.4. The van der Waals surface area contributed by atoms with Crippen LogP contribution in [0.2, 0.25) is 0 Å². The quantitative estimate of drug-likeness (QED) is 0.799. The maximum atomic E-state index is 13.1. The zero-order chi connectivity index (χ0) is 20.1. The molecule has 6 nitrogen and oxygen atoms in total. The van der Waals surface area contributed by atoms with Crippen molar-refractivity contribution in [3.05, 3.63) is 54.3 Å². The van der Waals surface area contributed by atoms with Gasteiger partial charge in [-0.15, -0.1) is 0 Å². The lowest BCUT2D eigenvalue weighted by Crippen LogP contribution is -2.43. The topological polar surface area (TPSA) is 75.7 Å². The highest BCUT2D eigenvalue weighted by Crippen LogP contribution is 2.25. The van der Waals surface area contributed by atoms with Crippen molar-refractivity contribution >= 4 is 21.6 Å². The molecule has 0 aliphatic carbocycles. The van der Waals surface area contributed by atoms with Crippen LogP contribution in [0.15, 0.2) is 53.4 Å². The van der Waals surface area contributed by atoms with Gasteiger partial charge in [0.15, 0.2) is 0 Å². The van der Waals surface area contributed by atoms with Gasteiger partial charge in [-0.05, 0) is 56.2 Å². The third kappa shape index (κ3) is 4.69. The number of amides is 1. The molecule has 1 amide bonds. The van der Waals surface area contributed by atoms with Crippen molar-refractivity contribution in [2.24, 2.45) is 5.92 Å². The molecule has 28 heavy (non-hydrogen) atoms. The Morgan fingerprint density at radius 3 is 2.71 bits per heavy atom. The molecule has 1 aliphatic heterocycles. The molecule has 0 aromatic heterocycles. The second-order valence-electron chi connectivity index (χ2n) is 6.61. The van der Waals surface area contributed by atoms with Gasteiger partial charge >= 0.3 is 0 Å². The van der Waals surface area contributed by atoms with E-state index in [2.05, 4.69) is 5.32 Å². The first kappa shape index (κ1) is 20.3. The lowest BCUT2D eigenvalue weighted by Gasteiger charge is -2.31. The molecule has 8 heteroatoms. The van der Waals surface area contributed by atoms with Crippen molar-refractivity contribution in [3.8, 4) is 5.75 Å². The predicted octanol–water partition coefficient (Wildman–Crippen LogP) is 3.26. The maximum absolute atomic E-state index is 13.1. The number of carbonyl (C=O) groups excluding carboxylic acids is 1. The molecule has 2 aromatic rings. The fourth-order valence-electron chi connectivity index (χ4n) is 3.20. The van der Waals surface area contributed by atoms with Crippen LogP contribution in [0.4, 0.5) is 10.1 Å². The lowest BCUT2D eigenvalue weighted by atomic mass is 9.98. The second-order valence-corrected chi connectivity index (χ2v) is 8.54. The first-order chi connectivity index (χ1) is 13.4. The summed E-state index contributed by atoms with van der Waals surface area (Å²) in [4.78, 5) is 12.7. The van der Waals surface area contributed by atoms with E-state index in [4.69, 9.17) is 4.74 Å². The molecule has 2 aromatic carbocycles. The van der Waals surface area contributed by atoms with Crippen molar-refractivity contribution < 1.29 is 22.3 Å². The van der Waals surface area contributed by atoms with Crippen molar-refractivity contribution in [3.63, 3.8) is 0 Å². The minimum atomic E-state index is -3.77. The van der Waals surface area contributed by atoms with E-state index in [0.29, 0.717) is 37.4 Å². The van der Waals surface area contributed by atoms with Crippen molar-refractivity contribution in [1.29, 1.82) is 0 Å². The Hall–Kier alpha value is -2.45. The van der Waals surface area contributed by atoms with Crippen molar-refractivity contribution in [1.82, 2.24) is 4.31 Å². The second kappa shape index (κ2) is 8.70. The van der Waals surface area contributed by atoms with E-state index in [9.17, 15) is 17.6 Å². The van der Waals surface area contributed by atoms with Crippen LogP contribution in [-0.2, 0) is 14.8 Å². The fraction of sp³-hybridized carbons (Fsp3) is 0.350. The number of hydrogen-bond acceptors (Lipinski definition) is 4. The Morgan fingerprint density at radius 1 is 1.25 bits per heavy atom. The Morgan fingerprint density at radius 2 is 2.00 bits per heavy atom. The van der Waals surface area contributed by atoms with Gasteiger partial charge in [-0.3, -0.25) is 4.79 Å². The molecule has 0 bridgehead atoms. The average Bonchev–Trinajstić information content (AvgIpc) is 2.69. The van der Waals surface area contributed by atoms with Crippen LogP contribution in [0.5, 0.6) is 5.75 Å². The van der Waals surface area contributed by atoms with Gasteiger partial charge in [0.05, 0.1) is 17.4 Å². The van der Waals surface area contributed by atoms with E-state index in [1.54, 1.807) is 24.3 Å². The SMILES string of the molecule is CCOc1cccc(NC(=O)[C@@H]2CCCN(S(=O)(=O)c3ccc(F)cc3)C2)c1. The molecule has 0 radical (unpaired) electrons. The number of sulfonamides is 1. The molecule has 150 valence electrons. The van der Waals surface area contributed by atoms with Crippen LogP contribution >= 0.6 is 0 Å². The number of ether oxygens (including phenoxy) is 1. The van der Waals surface area contributed by atoms with Crippen LogP contribution in [0.25, 0.3) is 0 Å². The van der Waals surface area contributed by atoms with Gasteiger partial charge in [0.1, 0.15) is 11.6 Å². The van der Waals surface area contributed by atoms with Gasteiger partial charge in [0, 0.05) is 24.8 Å². The summed E-state index contributed by atoms with van der Waals surface area (Å²) in [5, 5.41) is 2.84. The number of carbonyl (C=O) groups is 1. The zero-order valence-electron chi connectivity index (χ0n) is 15.6. The van der Waals surface area contributed by atoms with Crippen LogP contribution in [0, 0.1) is 11.7 Å². The third-order valence-corrected chi connectivity index (χ3v) is 6.50. The number of benzene rings is 2. The molecule has 1 heterocycles. The Bertz CT molecular complexity index is 931. The number of nitrogens with one attached hydrogen (secondary N) is 1. The van der Waals surface area contributed by atoms with Crippen LogP contribution in [-0.4, -0.2) is 38.3 Å². The number of piperidine rings is 1. The van der Waals surface area contributed by atoms with Gasteiger partial charge < -0.3 is 10.1 Å². The Balaban J connectivity index is 1.69. The van der Waals surface area contributed by atoms with Gasteiger partial charge in [-0.1, -0.05) is 6.07 Å². The molecule has 0 unspecified atom stereocenters. The molecule has 1 aliphatic rings. The summed E-state index contributed by atoms with van der Waals surface area (Å²) in [5.74, 6) is -0.527. The number of anilines is 1. The Kier molecular flexibility index (Phi) is 6.31.